The second-order valence-electron chi connectivity index (χ2n) is 4.57. The fraction of sp³-hybridized carbons (Fsp3) is 0.133. The number of benzene rings is 1. The summed E-state index contributed by atoms with van der Waals surface area (Å²) in [6, 6.07) is 4.07. The third kappa shape index (κ3) is 2.43. The predicted molar refractivity (Wildman–Crippen MR) is 73.0 cm³/mol. The molecule has 1 unspecified atom stereocenters. The van der Waals surface area contributed by atoms with Gasteiger partial charge in [0.2, 0.25) is 5.78 Å². The molecule has 2 rings (SSSR count). The lowest BCUT2D eigenvalue weighted by Crippen LogP contribution is -2.32. The highest BCUT2D eigenvalue weighted by Gasteiger charge is 2.35. The lowest BCUT2D eigenvalue weighted by molar-refractivity contribution is -0.122. The summed E-state index contributed by atoms with van der Waals surface area (Å²) in [5.74, 6) is -3.10. The third-order valence-electron chi connectivity index (χ3n) is 3.09. The van der Waals surface area contributed by atoms with E-state index in [2.05, 4.69) is 6.58 Å². The van der Waals surface area contributed by atoms with Crippen LogP contribution in [0.3, 0.4) is 0 Å². The van der Waals surface area contributed by atoms with Crippen molar-refractivity contribution in [2.75, 3.05) is 0 Å². The zero-order chi connectivity index (χ0) is 15.7. The minimum absolute atomic E-state index is 0.160. The van der Waals surface area contributed by atoms with E-state index >= 15 is 0 Å². The molecule has 0 aromatic heterocycles. The molecule has 6 nitrogen and oxygen atoms in total. The van der Waals surface area contributed by atoms with Gasteiger partial charge in [-0.2, -0.15) is 0 Å². The Hall–Kier alpha value is -2.89. The quantitative estimate of drug-likeness (QED) is 0.803. The molecule has 0 bridgehead atoms. The van der Waals surface area contributed by atoms with E-state index in [1.165, 1.54) is 31.4 Å². The Balaban J connectivity index is 2.53. The highest BCUT2D eigenvalue weighted by atomic mass is 16.5. The Labute approximate surface area is 120 Å². The first-order valence-corrected chi connectivity index (χ1v) is 5.99. The van der Waals surface area contributed by atoms with Crippen LogP contribution in [-0.4, -0.2) is 34.0 Å². The monoisotopic (exact) mass is 288 g/mol. The summed E-state index contributed by atoms with van der Waals surface area (Å²) in [6.45, 7) is 5.04. The Morgan fingerprint density at radius 2 is 1.86 bits per heavy atom. The smallest absolute Gasteiger partial charge is 0.337 e. The van der Waals surface area contributed by atoms with Gasteiger partial charge in [0, 0.05) is 11.1 Å². The summed E-state index contributed by atoms with van der Waals surface area (Å²) in [7, 11) is 0. The van der Waals surface area contributed by atoms with Gasteiger partial charge in [-0.1, -0.05) is 18.7 Å². The number of Topliss-reactive ketones (excluding diaryl/α,β-unsaturated/α-hetero) is 1. The van der Waals surface area contributed by atoms with Crippen LogP contribution in [-0.2, 0) is 9.53 Å². The minimum Gasteiger partial charge on any atom is -0.485 e. The molecule has 0 spiro atoms. The van der Waals surface area contributed by atoms with Crippen LogP contribution >= 0.6 is 0 Å². The number of rotatable bonds is 5. The topological polar surface area (TPSA) is 101 Å². The fourth-order valence-electron chi connectivity index (χ4n) is 2.04. The summed E-state index contributed by atoms with van der Waals surface area (Å²) in [5, 5.41) is 18.3. The summed E-state index contributed by atoms with van der Waals surface area (Å²) in [4.78, 5) is 34.4. The first-order chi connectivity index (χ1) is 9.84. The predicted octanol–water partition coefficient (Wildman–Crippen LogP) is 1.97. The molecular weight excluding hydrogens is 276 g/mol. The molecule has 1 aliphatic rings. The fourth-order valence-corrected chi connectivity index (χ4v) is 2.04. The van der Waals surface area contributed by atoms with Crippen molar-refractivity contribution in [2.45, 2.75) is 13.0 Å². The Morgan fingerprint density at radius 3 is 2.29 bits per heavy atom. The maximum atomic E-state index is 11.9. The largest absolute Gasteiger partial charge is 0.485 e. The SMILES string of the molecule is C=C(C)C(=O)C1OC=C1c1cccc(C(=O)O)c1C(=O)O. The molecule has 0 fully saturated rings. The van der Waals surface area contributed by atoms with E-state index in [-0.39, 0.29) is 28.0 Å². The number of carboxylic acid groups (broad SMARTS) is 2. The van der Waals surface area contributed by atoms with Crippen molar-refractivity contribution in [1.82, 2.24) is 0 Å². The number of ether oxygens (including phenoxy) is 1. The average molecular weight is 288 g/mol. The van der Waals surface area contributed by atoms with E-state index < -0.39 is 18.0 Å². The zero-order valence-corrected chi connectivity index (χ0v) is 11.1. The van der Waals surface area contributed by atoms with Crippen LogP contribution in [0.5, 0.6) is 0 Å². The zero-order valence-electron chi connectivity index (χ0n) is 11.1. The van der Waals surface area contributed by atoms with Crippen molar-refractivity contribution >= 4 is 23.3 Å². The molecule has 0 aliphatic carbocycles. The molecule has 1 heterocycles. The standard InChI is InChI=1S/C15H12O6/c1-7(2)12(16)13-10(6-21-13)8-4-3-5-9(14(17)18)11(8)15(19)20/h3-6,13H,1H2,2H3,(H,17,18)(H,19,20). The molecule has 1 aromatic rings. The molecule has 0 amide bonds. The van der Waals surface area contributed by atoms with Gasteiger partial charge in [0.05, 0.1) is 17.4 Å². The van der Waals surface area contributed by atoms with Gasteiger partial charge in [0.25, 0.3) is 0 Å². The van der Waals surface area contributed by atoms with Gasteiger partial charge in [-0.25, -0.2) is 9.59 Å². The number of carboxylic acids is 2. The van der Waals surface area contributed by atoms with Crippen LogP contribution in [0.15, 0.2) is 36.6 Å². The summed E-state index contributed by atoms with van der Waals surface area (Å²) >= 11 is 0. The van der Waals surface area contributed by atoms with Gasteiger partial charge in [-0.05, 0) is 18.6 Å². The van der Waals surface area contributed by atoms with Crippen LogP contribution in [0.4, 0.5) is 0 Å². The van der Waals surface area contributed by atoms with Crippen LogP contribution < -0.4 is 0 Å². The second-order valence-corrected chi connectivity index (χ2v) is 4.57. The molecule has 0 radical (unpaired) electrons. The lowest BCUT2D eigenvalue weighted by atomic mass is 9.88. The molecule has 0 saturated heterocycles. The number of hydrogen-bond acceptors (Lipinski definition) is 4. The number of carbonyl (C=O) groups excluding carboxylic acids is 1. The molecule has 1 aromatic carbocycles. The Bertz CT molecular complexity index is 698. The van der Waals surface area contributed by atoms with E-state index in [4.69, 9.17) is 9.84 Å². The van der Waals surface area contributed by atoms with E-state index in [0.29, 0.717) is 5.57 Å². The van der Waals surface area contributed by atoms with Gasteiger partial charge < -0.3 is 14.9 Å². The summed E-state index contributed by atoms with van der Waals surface area (Å²) in [6.07, 6.45) is 0.309. The number of aromatic carboxylic acids is 2. The highest BCUT2D eigenvalue weighted by molar-refractivity contribution is 6.11. The van der Waals surface area contributed by atoms with Crippen molar-refractivity contribution in [3.8, 4) is 0 Å². The molecule has 0 saturated carbocycles. The van der Waals surface area contributed by atoms with E-state index in [0.717, 1.165) is 0 Å². The maximum Gasteiger partial charge on any atom is 0.337 e. The van der Waals surface area contributed by atoms with E-state index in [1.807, 2.05) is 0 Å². The van der Waals surface area contributed by atoms with Crippen molar-refractivity contribution in [3.63, 3.8) is 0 Å². The minimum atomic E-state index is -1.38. The van der Waals surface area contributed by atoms with Crippen LogP contribution in [0.25, 0.3) is 5.57 Å². The van der Waals surface area contributed by atoms with Gasteiger partial charge >= 0.3 is 11.9 Å². The van der Waals surface area contributed by atoms with Crippen molar-refractivity contribution in [1.29, 1.82) is 0 Å². The second kappa shape index (κ2) is 5.24. The molecule has 1 aliphatic heterocycles. The van der Waals surface area contributed by atoms with Crippen molar-refractivity contribution in [2.24, 2.45) is 0 Å². The molecule has 1 atom stereocenters. The molecule has 21 heavy (non-hydrogen) atoms. The summed E-state index contributed by atoms with van der Waals surface area (Å²) < 4.78 is 5.04. The highest BCUT2D eigenvalue weighted by Crippen LogP contribution is 2.34. The average Bonchev–Trinajstić information content (AvgIpc) is 2.36. The molecule has 2 N–H and O–H groups in total. The van der Waals surface area contributed by atoms with Crippen LogP contribution in [0.2, 0.25) is 0 Å². The van der Waals surface area contributed by atoms with Crippen molar-refractivity contribution in [3.05, 3.63) is 53.3 Å². The lowest BCUT2D eigenvalue weighted by Gasteiger charge is -2.28. The van der Waals surface area contributed by atoms with Gasteiger partial charge in [0.15, 0.2) is 6.10 Å². The molecule has 108 valence electrons. The third-order valence-corrected chi connectivity index (χ3v) is 3.09. The molecular formula is C15H12O6. The van der Waals surface area contributed by atoms with E-state index in [1.54, 1.807) is 0 Å². The van der Waals surface area contributed by atoms with Gasteiger partial charge in [-0.3, -0.25) is 4.79 Å². The van der Waals surface area contributed by atoms with E-state index in [9.17, 15) is 19.5 Å². The van der Waals surface area contributed by atoms with Gasteiger partial charge in [0.1, 0.15) is 0 Å². The summed E-state index contributed by atoms with van der Waals surface area (Å²) in [5.41, 5.74) is 0.0713. The Kier molecular flexibility index (Phi) is 3.62. The van der Waals surface area contributed by atoms with Gasteiger partial charge in [-0.15, -0.1) is 0 Å². The van der Waals surface area contributed by atoms with Crippen LogP contribution in [0, 0.1) is 0 Å². The number of carbonyl (C=O) groups is 3. The Morgan fingerprint density at radius 1 is 1.19 bits per heavy atom. The van der Waals surface area contributed by atoms with Crippen LogP contribution in [0.1, 0.15) is 33.2 Å². The number of ketones is 1. The van der Waals surface area contributed by atoms with Crippen molar-refractivity contribution < 1.29 is 29.3 Å². The maximum absolute atomic E-state index is 11.9. The normalized spacial score (nSPS) is 16.2. The number of hydrogen-bond donors (Lipinski definition) is 2. The molecule has 6 heteroatoms. The first-order valence-electron chi connectivity index (χ1n) is 5.99. The first kappa shape index (κ1) is 14.5.